The second-order valence-electron chi connectivity index (χ2n) is 6.26. The summed E-state index contributed by atoms with van der Waals surface area (Å²) in [5.41, 5.74) is 0. The van der Waals surface area contributed by atoms with Crippen molar-refractivity contribution in [1.82, 2.24) is 10.6 Å². The molecule has 0 aromatic rings. The molecule has 2 atom stereocenters. The maximum atomic E-state index is 11.9. The molecule has 0 aromatic heterocycles. The number of ether oxygens (including phenoxy) is 1. The van der Waals surface area contributed by atoms with Gasteiger partial charge >= 0.3 is 0 Å². The van der Waals surface area contributed by atoms with Gasteiger partial charge in [0.15, 0.2) is 0 Å². The van der Waals surface area contributed by atoms with E-state index in [0.29, 0.717) is 24.4 Å². The first-order valence-corrected chi connectivity index (χ1v) is 8.18. The number of amides is 1. The van der Waals surface area contributed by atoms with Crippen LogP contribution < -0.4 is 10.6 Å². The molecule has 2 N–H and O–H groups in total. The number of hydrogen-bond donors (Lipinski definition) is 2. The Balaban J connectivity index is 2.01. The molecule has 1 rings (SSSR count). The van der Waals surface area contributed by atoms with Crippen LogP contribution >= 0.6 is 0 Å². The molecule has 4 heteroatoms. The predicted octanol–water partition coefficient (Wildman–Crippen LogP) is 2.33. The summed E-state index contributed by atoms with van der Waals surface area (Å²) in [6, 6.07) is 0. The van der Waals surface area contributed by atoms with E-state index in [2.05, 4.69) is 17.6 Å². The van der Waals surface area contributed by atoms with Crippen molar-refractivity contribution in [3.63, 3.8) is 0 Å². The number of nitrogens with one attached hydrogen (secondary N) is 2. The molecule has 0 saturated carbocycles. The molecule has 1 aliphatic heterocycles. The van der Waals surface area contributed by atoms with E-state index >= 15 is 0 Å². The second-order valence-corrected chi connectivity index (χ2v) is 6.26. The van der Waals surface area contributed by atoms with E-state index in [1.807, 2.05) is 13.8 Å². The summed E-state index contributed by atoms with van der Waals surface area (Å²) in [5.74, 6) is 1.34. The maximum absolute atomic E-state index is 11.9. The van der Waals surface area contributed by atoms with Gasteiger partial charge in [-0.05, 0) is 64.5 Å². The van der Waals surface area contributed by atoms with Crippen molar-refractivity contribution < 1.29 is 9.53 Å². The van der Waals surface area contributed by atoms with Crippen molar-refractivity contribution in [2.24, 2.45) is 11.8 Å². The van der Waals surface area contributed by atoms with Gasteiger partial charge in [-0.15, -0.1) is 0 Å². The quantitative estimate of drug-likeness (QED) is 0.639. The van der Waals surface area contributed by atoms with Gasteiger partial charge in [0.1, 0.15) is 0 Å². The van der Waals surface area contributed by atoms with Gasteiger partial charge in [-0.25, -0.2) is 0 Å². The fourth-order valence-electron chi connectivity index (χ4n) is 2.67. The van der Waals surface area contributed by atoms with Crippen LogP contribution in [-0.4, -0.2) is 38.3 Å². The Morgan fingerprint density at radius 2 is 2.15 bits per heavy atom. The first kappa shape index (κ1) is 17.4. The molecule has 2 unspecified atom stereocenters. The summed E-state index contributed by atoms with van der Waals surface area (Å²) < 4.78 is 5.47. The summed E-state index contributed by atoms with van der Waals surface area (Å²) in [5, 5.41) is 6.44. The average molecular weight is 284 g/mol. The molecule has 0 aromatic carbocycles. The van der Waals surface area contributed by atoms with Gasteiger partial charge in [0.25, 0.3) is 0 Å². The third kappa shape index (κ3) is 7.85. The summed E-state index contributed by atoms with van der Waals surface area (Å²) in [6.45, 7) is 10.1. The normalized spacial score (nSPS) is 20.9. The largest absolute Gasteiger partial charge is 0.379 e. The molecular formula is C16H32N2O2. The van der Waals surface area contributed by atoms with E-state index in [9.17, 15) is 4.79 Å². The highest BCUT2D eigenvalue weighted by molar-refractivity contribution is 5.76. The van der Waals surface area contributed by atoms with Crippen LogP contribution in [0.4, 0.5) is 0 Å². The first-order valence-electron chi connectivity index (χ1n) is 8.18. The molecule has 0 aliphatic carbocycles. The molecule has 4 nitrogen and oxygen atoms in total. The highest BCUT2D eigenvalue weighted by Gasteiger charge is 2.21. The van der Waals surface area contributed by atoms with Crippen molar-refractivity contribution >= 4 is 5.91 Å². The molecule has 1 heterocycles. The van der Waals surface area contributed by atoms with Crippen molar-refractivity contribution in [3.8, 4) is 0 Å². The predicted molar refractivity (Wildman–Crippen MR) is 82.7 cm³/mol. The van der Waals surface area contributed by atoms with Crippen LogP contribution in [0.15, 0.2) is 0 Å². The zero-order valence-electron chi connectivity index (χ0n) is 13.4. The number of hydrogen-bond acceptors (Lipinski definition) is 3. The van der Waals surface area contributed by atoms with Crippen LogP contribution in [0, 0.1) is 11.8 Å². The fraction of sp³-hybridized carbons (Fsp3) is 0.938. The van der Waals surface area contributed by atoms with Gasteiger partial charge < -0.3 is 15.4 Å². The highest BCUT2D eigenvalue weighted by Crippen LogP contribution is 2.22. The van der Waals surface area contributed by atoms with Crippen molar-refractivity contribution in [2.75, 3.05) is 26.2 Å². The third-order valence-corrected chi connectivity index (χ3v) is 3.99. The van der Waals surface area contributed by atoms with Gasteiger partial charge in [0.2, 0.25) is 5.91 Å². The number of rotatable bonds is 9. The minimum absolute atomic E-state index is 0.202. The Labute approximate surface area is 124 Å². The van der Waals surface area contributed by atoms with E-state index in [0.717, 1.165) is 39.1 Å². The molecule has 1 aliphatic rings. The Bertz CT molecular complexity index is 263. The highest BCUT2D eigenvalue weighted by atomic mass is 16.5. The van der Waals surface area contributed by atoms with Gasteiger partial charge in [-0.1, -0.05) is 6.92 Å². The monoisotopic (exact) mass is 284 g/mol. The second kappa shape index (κ2) is 10.2. The van der Waals surface area contributed by atoms with Gasteiger partial charge in [0.05, 0.1) is 6.10 Å². The third-order valence-electron chi connectivity index (χ3n) is 3.99. The first-order chi connectivity index (χ1) is 9.59. The molecule has 0 bridgehead atoms. The number of carbonyl (C=O) groups excluding carboxylic acids is 1. The Morgan fingerprint density at radius 3 is 2.80 bits per heavy atom. The summed E-state index contributed by atoms with van der Waals surface area (Å²) >= 11 is 0. The SMILES string of the molecule is CC(C)OCCCCNC(=O)CC(C)C1CCCNC1. The van der Waals surface area contributed by atoms with Crippen molar-refractivity contribution in [3.05, 3.63) is 0 Å². The lowest BCUT2D eigenvalue weighted by Crippen LogP contribution is -2.35. The molecule has 1 saturated heterocycles. The number of unbranched alkanes of at least 4 members (excludes halogenated alkanes) is 1. The van der Waals surface area contributed by atoms with E-state index in [-0.39, 0.29) is 5.91 Å². The number of carbonyl (C=O) groups is 1. The minimum Gasteiger partial charge on any atom is -0.379 e. The molecule has 1 amide bonds. The topological polar surface area (TPSA) is 50.4 Å². The fourth-order valence-corrected chi connectivity index (χ4v) is 2.67. The Kier molecular flexibility index (Phi) is 8.86. The van der Waals surface area contributed by atoms with Gasteiger partial charge in [0, 0.05) is 19.6 Å². The molecular weight excluding hydrogens is 252 g/mol. The van der Waals surface area contributed by atoms with Gasteiger partial charge in [-0.3, -0.25) is 4.79 Å². The van der Waals surface area contributed by atoms with Gasteiger partial charge in [-0.2, -0.15) is 0 Å². The maximum Gasteiger partial charge on any atom is 0.220 e. The van der Waals surface area contributed by atoms with E-state index in [4.69, 9.17) is 4.74 Å². The lowest BCUT2D eigenvalue weighted by molar-refractivity contribution is -0.122. The minimum atomic E-state index is 0.202. The van der Waals surface area contributed by atoms with E-state index < -0.39 is 0 Å². The smallest absolute Gasteiger partial charge is 0.220 e. The zero-order valence-corrected chi connectivity index (χ0v) is 13.4. The molecule has 1 fully saturated rings. The average Bonchev–Trinajstić information content (AvgIpc) is 2.43. The molecule has 118 valence electrons. The van der Waals surface area contributed by atoms with Crippen LogP contribution in [-0.2, 0) is 9.53 Å². The van der Waals surface area contributed by atoms with Crippen LogP contribution in [0.5, 0.6) is 0 Å². The van der Waals surface area contributed by atoms with Crippen molar-refractivity contribution in [1.29, 1.82) is 0 Å². The zero-order chi connectivity index (χ0) is 14.8. The lowest BCUT2D eigenvalue weighted by atomic mass is 9.85. The van der Waals surface area contributed by atoms with Crippen LogP contribution in [0.1, 0.15) is 52.9 Å². The summed E-state index contributed by atoms with van der Waals surface area (Å²) in [7, 11) is 0. The van der Waals surface area contributed by atoms with E-state index in [1.54, 1.807) is 0 Å². The standard InChI is InChI=1S/C16H32N2O2/c1-13(2)20-10-5-4-9-18-16(19)11-14(3)15-7-6-8-17-12-15/h13-15,17H,4-12H2,1-3H3,(H,18,19). The Morgan fingerprint density at radius 1 is 1.35 bits per heavy atom. The Hall–Kier alpha value is -0.610. The van der Waals surface area contributed by atoms with Crippen LogP contribution in [0.3, 0.4) is 0 Å². The van der Waals surface area contributed by atoms with Crippen LogP contribution in [0.25, 0.3) is 0 Å². The molecule has 20 heavy (non-hydrogen) atoms. The summed E-state index contributed by atoms with van der Waals surface area (Å²) in [6.07, 6.45) is 5.47. The molecule has 0 spiro atoms. The lowest BCUT2D eigenvalue weighted by Gasteiger charge is -2.28. The van der Waals surface area contributed by atoms with Crippen LogP contribution in [0.2, 0.25) is 0 Å². The molecule has 0 radical (unpaired) electrons. The number of piperidine rings is 1. The van der Waals surface area contributed by atoms with Crippen molar-refractivity contribution in [2.45, 2.75) is 59.0 Å². The van der Waals surface area contributed by atoms with E-state index in [1.165, 1.54) is 12.8 Å². The summed E-state index contributed by atoms with van der Waals surface area (Å²) in [4.78, 5) is 11.9.